The summed E-state index contributed by atoms with van der Waals surface area (Å²) in [5.74, 6) is -4.01. The monoisotopic (exact) mass is 749 g/mol. The fraction of sp³-hybridized carbons (Fsp3) is 0.606. The maximum Gasteiger partial charge on any atom is 0.281 e. The molecular weight excluding hydrogens is 706 g/mol. The second kappa shape index (κ2) is 12.2. The molecule has 3 fully saturated rings. The van der Waals surface area contributed by atoms with Gasteiger partial charge in [-0.1, -0.05) is 45.9 Å². The number of likely N-dealkylation sites (N-methyl/N-ethyl adjacent to an activating group) is 1. The summed E-state index contributed by atoms with van der Waals surface area (Å²) >= 11 is 3.70. The molecule has 5 aliphatic rings. The van der Waals surface area contributed by atoms with Gasteiger partial charge in [0.05, 0.1) is 16.8 Å². The minimum Gasteiger partial charge on any atom is -0.349 e. The number of hydrogen-bond acceptors (Lipinski definition) is 8. The minimum absolute atomic E-state index is 0.104. The van der Waals surface area contributed by atoms with Crippen molar-refractivity contribution in [2.75, 3.05) is 26.4 Å². The Labute approximate surface area is 288 Å². The van der Waals surface area contributed by atoms with Crippen molar-refractivity contribution in [1.29, 1.82) is 0 Å². The minimum atomic E-state index is -3.67. The average Bonchev–Trinajstić information content (AvgIpc) is 3.66. The van der Waals surface area contributed by atoms with E-state index >= 15 is 0 Å². The third kappa shape index (κ3) is 5.69. The molecule has 7 rings (SSSR count). The van der Waals surface area contributed by atoms with Gasteiger partial charge in [0.15, 0.2) is 0 Å². The molecule has 262 valence electrons. The van der Waals surface area contributed by atoms with Crippen LogP contribution in [0.4, 0.5) is 0 Å². The molecule has 5 heterocycles. The highest BCUT2D eigenvalue weighted by Crippen LogP contribution is 2.49. The van der Waals surface area contributed by atoms with Crippen molar-refractivity contribution in [3.8, 4) is 0 Å². The first-order valence-electron chi connectivity index (χ1n) is 16.4. The summed E-state index contributed by atoms with van der Waals surface area (Å²) in [5.41, 5.74) is 2.68. The van der Waals surface area contributed by atoms with Gasteiger partial charge in [-0.25, -0.2) is 0 Å². The Morgan fingerprint density at radius 3 is 2.56 bits per heavy atom. The number of ether oxygens (including phenoxy) is 1. The summed E-state index contributed by atoms with van der Waals surface area (Å²) in [7, 11) is -1.64. The Morgan fingerprint density at radius 2 is 1.92 bits per heavy atom. The Bertz CT molecular complexity index is 1800. The topological polar surface area (TPSA) is 173 Å². The summed E-state index contributed by atoms with van der Waals surface area (Å²) in [4.78, 5) is 50.8. The number of rotatable bonds is 5. The molecule has 2 aromatic rings. The molecule has 0 bridgehead atoms. The van der Waals surface area contributed by atoms with Crippen LogP contribution < -0.4 is 5.32 Å². The number of halogens is 1. The van der Waals surface area contributed by atoms with Crippen molar-refractivity contribution >= 4 is 60.2 Å². The number of benzene rings is 1. The molecule has 1 aliphatic carbocycles. The van der Waals surface area contributed by atoms with Crippen LogP contribution in [0.5, 0.6) is 0 Å². The van der Waals surface area contributed by atoms with Gasteiger partial charge in [0, 0.05) is 36.0 Å². The van der Waals surface area contributed by atoms with Gasteiger partial charge < -0.3 is 20.3 Å². The molecule has 0 radical (unpaired) electrons. The smallest absolute Gasteiger partial charge is 0.281 e. The number of carbonyl (C=O) groups excluding carboxylic acids is 3. The molecule has 1 aromatic carbocycles. The van der Waals surface area contributed by atoms with Crippen molar-refractivity contribution in [3.05, 3.63) is 40.0 Å². The number of aromatic amines is 1. The van der Waals surface area contributed by atoms with Crippen LogP contribution in [0.15, 0.2) is 28.9 Å². The molecule has 1 unspecified atom stereocenters. The fourth-order valence-corrected chi connectivity index (χ4v) is 8.72. The number of nitrogens with one attached hydrogen (secondary N) is 2. The second-order valence-corrected chi connectivity index (χ2v) is 16.7. The van der Waals surface area contributed by atoms with E-state index in [0.717, 1.165) is 34.1 Å². The van der Waals surface area contributed by atoms with E-state index in [1.165, 1.54) is 15.8 Å². The summed E-state index contributed by atoms with van der Waals surface area (Å²) in [6, 6.07) is 4.76. The van der Waals surface area contributed by atoms with Crippen LogP contribution in [-0.2, 0) is 35.7 Å². The van der Waals surface area contributed by atoms with Gasteiger partial charge in [0.25, 0.3) is 21.9 Å². The van der Waals surface area contributed by atoms with Gasteiger partial charge >= 0.3 is 0 Å². The van der Waals surface area contributed by atoms with Crippen molar-refractivity contribution in [3.63, 3.8) is 0 Å². The number of hydrogen-bond donors (Lipinski definition) is 4. The summed E-state index contributed by atoms with van der Waals surface area (Å²) in [6.07, 6.45) is 5.20. The van der Waals surface area contributed by atoms with Crippen molar-refractivity contribution in [2.24, 2.45) is 17.8 Å². The number of aliphatic hydroxyl groups is 1. The molecule has 15 heteroatoms. The Balaban J connectivity index is 0.000000749. The molecule has 48 heavy (non-hydrogen) atoms. The molecular formula is C33H44BrN5O8S. The number of nitrogens with zero attached hydrogens (tertiary/aromatic N) is 3. The molecule has 6 atom stereocenters. The number of H-pyrrole nitrogens is 1. The lowest BCUT2D eigenvalue weighted by Gasteiger charge is -2.49. The average molecular weight is 751 g/mol. The molecule has 0 spiro atoms. The summed E-state index contributed by atoms with van der Waals surface area (Å²) in [5, 5.41) is 16.3. The highest BCUT2D eigenvalue weighted by Gasteiger charge is 2.72. The van der Waals surface area contributed by atoms with E-state index in [2.05, 4.69) is 43.3 Å². The molecule has 13 nitrogen and oxygen atoms in total. The zero-order chi connectivity index (χ0) is 35.1. The van der Waals surface area contributed by atoms with E-state index in [9.17, 15) is 27.9 Å². The van der Waals surface area contributed by atoms with Gasteiger partial charge in [-0.05, 0) is 77.3 Å². The second-order valence-electron chi connectivity index (χ2n) is 14.4. The van der Waals surface area contributed by atoms with Crippen molar-refractivity contribution in [2.45, 2.75) is 83.1 Å². The Hall–Kier alpha value is -2.82. The van der Waals surface area contributed by atoms with Gasteiger partial charge in [-0.2, -0.15) is 8.42 Å². The normalized spacial score (nSPS) is 31.4. The first-order chi connectivity index (χ1) is 22.4. The lowest BCUT2D eigenvalue weighted by atomic mass is 9.79. The molecule has 4 N–H and O–H groups in total. The maximum absolute atomic E-state index is 14.4. The number of carbonyl (C=O) groups is 3. The zero-order valence-electron chi connectivity index (χ0n) is 28.0. The standard InChI is InChI=1S/C32H40BrN5O5.CH4O3S/c1-16(2)12-24-29(40)37-11-7-10-25(37)32(42)38(24)30(41)31(43-32,17(3)4)35-28(39)18-13-20-19-8-6-9-22-26(19)21(27(33)34-22)14-23(20)36(5)15-18;1-5(2,3)4/h6,8-9,13,16-18,23-25,34,42H,7,10-12,14-15H2,1-5H3,(H,35,39);1H3,(H,2,3,4)/t18-,23?,24+,25+,31-,32+;/m1./s1. The van der Waals surface area contributed by atoms with Crippen LogP contribution in [0.25, 0.3) is 16.5 Å². The number of amides is 3. The van der Waals surface area contributed by atoms with Crippen LogP contribution >= 0.6 is 15.9 Å². The van der Waals surface area contributed by atoms with Crippen LogP contribution in [0.3, 0.4) is 0 Å². The highest BCUT2D eigenvalue weighted by molar-refractivity contribution is 9.10. The molecule has 4 aliphatic heterocycles. The predicted molar refractivity (Wildman–Crippen MR) is 182 cm³/mol. The summed E-state index contributed by atoms with van der Waals surface area (Å²) < 4.78 is 33.3. The predicted octanol–water partition coefficient (Wildman–Crippen LogP) is 2.70. The first-order valence-corrected chi connectivity index (χ1v) is 19.0. The van der Waals surface area contributed by atoms with Gasteiger partial charge in [0.1, 0.15) is 12.1 Å². The fourth-order valence-electron chi connectivity index (χ4n) is 8.15. The van der Waals surface area contributed by atoms with E-state index in [1.807, 2.05) is 33.0 Å². The third-order valence-electron chi connectivity index (χ3n) is 10.3. The van der Waals surface area contributed by atoms with Crippen LogP contribution in [-0.4, -0.2) is 112 Å². The zero-order valence-corrected chi connectivity index (χ0v) is 30.4. The van der Waals surface area contributed by atoms with Crippen molar-refractivity contribution < 1.29 is 37.2 Å². The Morgan fingerprint density at radius 1 is 1.23 bits per heavy atom. The van der Waals surface area contributed by atoms with Crippen LogP contribution in [0, 0.1) is 17.8 Å². The number of fused-ring (bicyclic) bond motifs is 5. The van der Waals surface area contributed by atoms with Gasteiger partial charge in [-0.3, -0.25) is 33.5 Å². The number of piperazine rings is 1. The largest absolute Gasteiger partial charge is 0.349 e. The maximum atomic E-state index is 14.4. The van der Waals surface area contributed by atoms with E-state index in [4.69, 9.17) is 9.29 Å². The first kappa shape index (κ1) is 35.0. The highest BCUT2D eigenvalue weighted by atomic mass is 79.9. The van der Waals surface area contributed by atoms with Crippen molar-refractivity contribution in [1.82, 2.24) is 25.0 Å². The third-order valence-corrected chi connectivity index (χ3v) is 10.9. The molecule has 3 saturated heterocycles. The van der Waals surface area contributed by atoms with E-state index in [1.54, 1.807) is 18.7 Å². The molecule has 0 saturated carbocycles. The SMILES string of the molecule is CC(C)C[C@H]1C(=O)N2CCC[C@H]2[C@]2(O)O[C@](NC(=O)[C@@H]3C=C4c5cccc6[nH]c(Br)c(c56)CC4N(C)C3)(C(C)C)C(=O)N12.CS(=O)(=O)O. The van der Waals surface area contributed by atoms with Gasteiger partial charge in [-0.15, -0.1) is 0 Å². The molecule has 1 aromatic heterocycles. The van der Waals surface area contributed by atoms with Crippen LogP contribution in [0.1, 0.15) is 58.1 Å². The van der Waals surface area contributed by atoms with E-state index in [0.29, 0.717) is 32.2 Å². The van der Waals surface area contributed by atoms with E-state index in [-0.39, 0.29) is 23.8 Å². The Kier molecular flexibility index (Phi) is 8.90. The quantitative estimate of drug-likeness (QED) is 0.336. The summed E-state index contributed by atoms with van der Waals surface area (Å²) in [6.45, 7) is 8.57. The van der Waals surface area contributed by atoms with Gasteiger partial charge in [0.2, 0.25) is 17.5 Å². The number of aromatic nitrogens is 1. The lowest BCUT2D eigenvalue weighted by molar-refractivity contribution is -0.322. The lowest BCUT2D eigenvalue weighted by Crippen LogP contribution is -2.71. The van der Waals surface area contributed by atoms with Crippen LogP contribution in [0.2, 0.25) is 0 Å². The molecule has 3 amide bonds. The van der Waals surface area contributed by atoms with E-state index < -0.39 is 51.6 Å².